The number of ketones is 1. The summed E-state index contributed by atoms with van der Waals surface area (Å²) in [6.45, 7) is 10.6. The molecule has 0 unspecified atom stereocenters. The zero-order valence-corrected chi connectivity index (χ0v) is 24.2. The largest absolute Gasteiger partial charge is 0.481 e. The van der Waals surface area contributed by atoms with Crippen LogP contribution in [0.4, 0.5) is 4.39 Å². The van der Waals surface area contributed by atoms with E-state index in [-0.39, 0.29) is 23.8 Å². The van der Waals surface area contributed by atoms with Gasteiger partial charge in [-0.25, -0.2) is 14.2 Å². The van der Waals surface area contributed by atoms with Crippen molar-refractivity contribution in [2.75, 3.05) is 7.11 Å². The van der Waals surface area contributed by atoms with E-state index >= 15 is 0 Å². The number of hydrogen-bond acceptors (Lipinski definition) is 6. The third-order valence-electron chi connectivity index (χ3n) is 7.55. The minimum atomic E-state index is -0.493. The third-order valence-corrected chi connectivity index (χ3v) is 7.55. The number of methoxy groups -OCH3 is 1. The lowest BCUT2D eigenvalue weighted by Gasteiger charge is -2.31. The van der Waals surface area contributed by atoms with Crippen LogP contribution in [0.15, 0.2) is 54.7 Å². The van der Waals surface area contributed by atoms with Crippen LogP contribution in [0.25, 0.3) is 11.1 Å². The van der Waals surface area contributed by atoms with E-state index < -0.39 is 11.8 Å². The minimum absolute atomic E-state index is 0.146. The number of benzene rings is 2. The smallest absolute Gasteiger partial charge is 0.343 e. The van der Waals surface area contributed by atoms with Crippen LogP contribution >= 0.6 is 0 Å². The van der Waals surface area contributed by atoms with E-state index in [4.69, 9.17) is 9.47 Å². The SMILES string of the molecule is COc1cc(-c2ccc(C(=O)Oc3cccc([C@@H](CC(C)=O)C4CC4)c3)cc2CN(C(C)C)C(C)C)c(F)cn1. The van der Waals surface area contributed by atoms with Crippen molar-refractivity contribution in [2.45, 2.75) is 78.4 Å². The number of hydrogen-bond donors (Lipinski definition) is 0. The van der Waals surface area contributed by atoms with E-state index in [0.29, 0.717) is 47.2 Å². The number of esters is 1. The molecule has 1 aliphatic rings. The fourth-order valence-electron chi connectivity index (χ4n) is 5.35. The highest BCUT2D eigenvalue weighted by atomic mass is 19.1. The van der Waals surface area contributed by atoms with Gasteiger partial charge in [0.2, 0.25) is 5.88 Å². The predicted octanol–water partition coefficient (Wildman–Crippen LogP) is 7.21. The maximum absolute atomic E-state index is 15.0. The summed E-state index contributed by atoms with van der Waals surface area (Å²) in [4.78, 5) is 31.5. The zero-order chi connectivity index (χ0) is 29.0. The Hall–Kier alpha value is -3.58. The Morgan fingerprint density at radius 3 is 2.38 bits per heavy atom. The van der Waals surface area contributed by atoms with E-state index in [0.717, 1.165) is 30.2 Å². The van der Waals surface area contributed by atoms with Crippen molar-refractivity contribution >= 4 is 11.8 Å². The average Bonchev–Trinajstić information content (AvgIpc) is 3.76. The molecule has 0 spiro atoms. The summed E-state index contributed by atoms with van der Waals surface area (Å²) in [6, 6.07) is 14.7. The molecule has 3 aromatic rings. The molecule has 4 rings (SSSR count). The molecule has 0 bridgehead atoms. The third kappa shape index (κ3) is 7.13. The fraction of sp³-hybridized carbons (Fsp3) is 0.424. The molecule has 0 N–H and O–H groups in total. The van der Waals surface area contributed by atoms with Gasteiger partial charge in [0.25, 0.3) is 0 Å². The molecule has 1 aromatic heterocycles. The van der Waals surface area contributed by atoms with E-state index in [2.05, 4.69) is 37.6 Å². The van der Waals surface area contributed by atoms with Crippen molar-refractivity contribution in [1.29, 1.82) is 0 Å². The summed E-state index contributed by atoms with van der Waals surface area (Å²) in [5, 5.41) is 0. The molecular weight excluding hydrogens is 507 g/mol. The van der Waals surface area contributed by atoms with E-state index in [1.54, 1.807) is 37.3 Å². The quantitative estimate of drug-likeness (QED) is 0.177. The Morgan fingerprint density at radius 1 is 1.02 bits per heavy atom. The zero-order valence-electron chi connectivity index (χ0n) is 24.2. The monoisotopic (exact) mass is 546 g/mol. The first-order valence-electron chi connectivity index (χ1n) is 14.0. The number of carbonyl (C=O) groups is 2. The highest BCUT2D eigenvalue weighted by Gasteiger charge is 2.33. The highest BCUT2D eigenvalue weighted by molar-refractivity contribution is 5.92. The number of pyridine rings is 1. The summed E-state index contributed by atoms with van der Waals surface area (Å²) < 4.78 is 26.0. The van der Waals surface area contributed by atoms with E-state index in [1.807, 2.05) is 18.2 Å². The predicted molar refractivity (Wildman–Crippen MR) is 154 cm³/mol. The maximum Gasteiger partial charge on any atom is 0.343 e. The van der Waals surface area contributed by atoms with Crippen LogP contribution < -0.4 is 9.47 Å². The van der Waals surface area contributed by atoms with Crippen molar-refractivity contribution < 1.29 is 23.5 Å². The molecule has 2 aromatic carbocycles. The molecule has 1 saturated carbocycles. The summed E-state index contributed by atoms with van der Waals surface area (Å²) in [5.74, 6) is 0.600. The lowest BCUT2D eigenvalue weighted by Crippen LogP contribution is -2.36. The Kier molecular flexibility index (Phi) is 9.36. The molecule has 6 nitrogen and oxygen atoms in total. The van der Waals surface area contributed by atoms with Gasteiger partial charge in [-0.15, -0.1) is 0 Å². The summed E-state index contributed by atoms with van der Waals surface area (Å²) >= 11 is 0. The summed E-state index contributed by atoms with van der Waals surface area (Å²) in [5.41, 5.74) is 3.22. The van der Waals surface area contributed by atoms with Crippen LogP contribution in [0.2, 0.25) is 0 Å². The van der Waals surface area contributed by atoms with Crippen molar-refractivity contribution in [3.05, 3.63) is 77.2 Å². The van der Waals surface area contributed by atoms with Crippen LogP contribution in [-0.4, -0.2) is 40.8 Å². The number of Topliss-reactive ketones (excluding diaryl/α,β-unsaturated/α-hetero) is 1. The molecule has 1 aliphatic carbocycles. The second-order valence-corrected chi connectivity index (χ2v) is 11.3. The lowest BCUT2D eigenvalue weighted by atomic mass is 9.89. The summed E-state index contributed by atoms with van der Waals surface area (Å²) in [6.07, 6.45) is 3.87. The number of rotatable bonds is 12. The second-order valence-electron chi connectivity index (χ2n) is 11.3. The van der Waals surface area contributed by atoms with Gasteiger partial charge in [-0.3, -0.25) is 4.90 Å². The summed E-state index contributed by atoms with van der Waals surface area (Å²) in [7, 11) is 1.49. The number of nitrogens with zero attached hydrogens (tertiary/aromatic N) is 2. The van der Waals surface area contributed by atoms with Gasteiger partial charge < -0.3 is 14.3 Å². The number of aromatic nitrogens is 1. The second kappa shape index (κ2) is 12.7. The average molecular weight is 547 g/mol. The first-order valence-corrected chi connectivity index (χ1v) is 14.0. The lowest BCUT2D eigenvalue weighted by molar-refractivity contribution is -0.117. The van der Waals surface area contributed by atoms with Gasteiger partial charge >= 0.3 is 5.97 Å². The van der Waals surface area contributed by atoms with Gasteiger partial charge in [-0.1, -0.05) is 18.2 Å². The molecule has 1 atom stereocenters. The standard InChI is InChI=1S/C33H39FN2O4/c1-20(2)36(21(3)4)19-26-15-25(12-13-28(26)30-17-32(39-6)35-18-31(30)34)33(38)40-27-9-7-8-24(16-27)29(14-22(5)37)23-10-11-23/h7-9,12-13,15-18,20-21,23,29H,10-11,14,19H2,1-6H3/t29-/m0/s1. The molecule has 0 amide bonds. The number of carbonyl (C=O) groups excluding carboxylic acids is 2. The maximum atomic E-state index is 15.0. The van der Waals surface area contributed by atoms with Crippen LogP contribution in [-0.2, 0) is 11.3 Å². The molecular formula is C33H39FN2O4. The van der Waals surface area contributed by atoms with Crippen LogP contribution in [0.1, 0.15) is 81.3 Å². The Balaban J connectivity index is 1.66. The number of ether oxygens (including phenoxy) is 2. The Labute approximate surface area is 236 Å². The van der Waals surface area contributed by atoms with Crippen molar-refractivity contribution in [2.24, 2.45) is 5.92 Å². The van der Waals surface area contributed by atoms with Crippen molar-refractivity contribution in [1.82, 2.24) is 9.88 Å². The van der Waals surface area contributed by atoms with Crippen LogP contribution in [0.5, 0.6) is 11.6 Å². The topological polar surface area (TPSA) is 68.7 Å². The Bertz CT molecular complexity index is 1360. The van der Waals surface area contributed by atoms with Crippen LogP contribution in [0.3, 0.4) is 0 Å². The molecule has 1 fully saturated rings. The fourth-order valence-corrected chi connectivity index (χ4v) is 5.35. The highest BCUT2D eigenvalue weighted by Crippen LogP contribution is 2.45. The van der Waals surface area contributed by atoms with Gasteiger partial charge in [0.15, 0.2) is 0 Å². The van der Waals surface area contributed by atoms with E-state index in [1.165, 1.54) is 7.11 Å². The normalized spacial score (nSPS) is 14.1. The molecule has 1 heterocycles. The molecule has 212 valence electrons. The van der Waals surface area contributed by atoms with Gasteiger partial charge in [0.1, 0.15) is 17.3 Å². The van der Waals surface area contributed by atoms with Crippen molar-refractivity contribution in [3.63, 3.8) is 0 Å². The molecule has 0 aliphatic heterocycles. The minimum Gasteiger partial charge on any atom is -0.481 e. The van der Waals surface area contributed by atoms with E-state index in [9.17, 15) is 14.0 Å². The van der Waals surface area contributed by atoms with Gasteiger partial charge in [-0.05, 0) is 100 Å². The first kappa shape index (κ1) is 29.4. The van der Waals surface area contributed by atoms with Gasteiger partial charge in [0, 0.05) is 36.7 Å². The molecule has 0 radical (unpaired) electrons. The molecule has 7 heteroatoms. The molecule has 40 heavy (non-hydrogen) atoms. The van der Waals surface area contributed by atoms with Gasteiger partial charge in [0.05, 0.1) is 18.9 Å². The van der Waals surface area contributed by atoms with Crippen molar-refractivity contribution in [3.8, 4) is 22.8 Å². The Morgan fingerprint density at radius 2 is 1.75 bits per heavy atom. The first-order chi connectivity index (χ1) is 19.1. The van der Waals surface area contributed by atoms with Crippen LogP contribution in [0, 0.1) is 11.7 Å². The van der Waals surface area contributed by atoms with Gasteiger partial charge in [-0.2, -0.15) is 0 Å². The number of halogens is 1. The molecule has 0 saturated heterocycles.